The molecule has 130 valence electrons. The summed E-state index contributed by atoms with van der Waals surface area (Å²) in [6.07, 6.45) is -0.275. The van der Waals surface area contributed by atoms with Crippen LogP contribution in [0.4, 0.5) is 4.39 Å². The van der Waals surface area contributed by atoms with Crippen LogP contribution in [0.15, 0.2) is 51.1 Å². The summed E-state index contributed by atoms with van der Waals surface area (Å²) in [5.74, 6) is -2.40. The molecule has 0 bridgehead atoms. The number of ketones is 1. The molecule has 0 aromatic carbocycles. The van der Waals surface area contributed by atoms with E-state index >= 15 is 4.39 Å². The maximum Gasteiger partial charge on any atom is 0.307 e. The molecule has 0 saturated carbocycles. The van der Waals surface area contributed by atoms with Gasteiger partial charge in [-0.1, -0.05) is 11.6 Å². The Morgan fingerprint density at radius 2 is 2.16 bits per heavy atom. The second kappa shape index (κ2) is 6.57. The van der Waals surface area contributed by atoms with E-state index in [-0.39, 0.29) is 35.5 Å². The van der Waals surface area contributed by atoms with Crippen LogP contribution < -0.4 is 0 Å². The Hall–Kier alpha value is -2.25. The fourth-order valence-electron chi connectivity index (χ4n) is 2.91. The van der Waals surface area contributed by atoms with Gasteiger partial charge in [-0.2, -0.15) is 0 Å². The van der Waals surface area contributed by atoms with Gasteiger partial charge in [-0.05, 0) is 24.6 Å². The van der Waals surface area contributed by atoms with Crippen molar-refractivity contribution in [3.05, 3.63) is 55.3 Å². The molecule has 1 aromatic rings. The van der Waals surface area contributed by atoms with E-state index < -0.39 is 11.8 Å². The van der Waals surface area contributed by atoms with Crippen LogP contribution in [-0.4, -0.2) is 29.7 Å². The Labute approximate surface area is 151 Å². The zero-order valence-corrected chi connectivity index (χ0v) is 14.9. The Balaban J connectivity index is 2.09. The Bertz CT molecular complexity index is 923. The lowest BCUT2D eigenvalue weighted by atomic mass is 9.87. The average molecular weight is 382 g/mol. The number of hydrogen-bond acceptors (Lipinski definition) is 5. The number of aliphatic imine (C=N–C) groups is 1. The fraction of sp³-hybridized carbons (Fsp3) is 0.235. The molecule has 0 fully saturated rings. The second-order valence-electron chi connectivity index (χ2n) is 5.50. The number of carboxylic acids is 1. The molecule has 1 aromatic heterocycles. The third kappa shape index (κ3) is 3.05. The van der Waals surface area contributed by atoms with Crippen molar-refractivity contribution >= 4 is 40.4 Å². The number of carbonyl (C=O) groups excluding carboxylic acids is 1. The third-order valence-electron chi connectivity index (χ3n) is 3.97. The van der Waals surface area contributed by atoms with E-state index in [1.807, 2.05) is 0 Å². The van der Waals surface area contributed by atoms with Gasteiger partial charge in [-0.15, -0.1) is 11.3 Å². The van der Waals surface area contributed by atoms with Gasteiger partial charge >= 0.3 is 5.97 Å². The lowest BCUT2D eigenvalue weighted by Crippen LogP contribution is -2.19. The van der Waals surface area contributed by atoms with E-state index in [0.717, 1.165) is 11.3 Å². The highest BCUT2D eigenvalue weighted by Crippen LogP contribution is 2.41. The van der Waals surface area contributed by atoms with Crippen molar-refractivity contribution in [2.75, 3.05) is 7.11 Å². The summed E-state index contributed by atoms with van der Waals surface area (Å²) in [5, 5.41) is 9.04. The minimum absolute atomic E-state index is 0.0702. The zero-order valence-electron chi connectivity index (χ0n) is 13.4. The summed E-state index contributed by atoms with van der Waals surface area (Å²) >= 11 is 6.97. The minimum atomic E-state index is -1.08. The van der Waals surface area contributed by atoms with E-state index in [0.29, 0.717) is 26.2 Å². The van der Waals surface area contributed by atoms with Crippen LogP contribution in [0.1, 0.15) is 29.4 Å². The summed E-state index contributed by atoms with van der Waals surface area (Å²) in [4.78, 5) is 28.4. The highest BCUT2D eigenvalue weighted by molar-refractivity contribution is 7.18. The fourth-order valence-corrected chi connectivity index (χ4v) is 3.92. The number of ether oxygens (including phenoxy) is 1. The lowest BCUT2D eigenvalue weighted by molar-refractivity contribution is -0.136. The number of nitrogens with zero attached hydrogens (tertiary/aromatic N) is 1. The lowest BCUT2D eigenvalue weighted by Gasteiger charge is -2.20. The maximum absolute atomic E-state index is 15.0. The van der Waals surface area contributed by atoms with Crippen LogP contribution in [0.5, 0.6) is 0 Å². The number of hydrogen-bond donors (Lipinski definition) is 1. The Morgan fingerprint density at radius 1 is 1.44 bits per heavy atom. The first kappa shape index (κ1) is 17.6. The molecule has 0 radical (unpaired) electrons. The number of fused-ring (bicyclic) bond motifs is 1. The summed E-state index contributed by atoms with van der Waals surface area (Å²) in [6, 6.07) is 3.17. The monoisotopic (exact) mass is 381 g/mol. The van der Waals surface area contributed by atoms with Crippen molar-refractivity contribution in [3.8, 4) is 0 Å². The van der Waals surface area contributed by atoms with Gasteiger partial charge in [0, 0.05) is 17.7 Å². The normalized spacial score (nSPS) is 17.0. The van der Waals surface area contributed by atoms with Crippen LogP contribution >= 0.6 is 22.9 Å². The standard InChI is InChI=1S/C17H13ClFNO4S/c1-7-8(6-13(21)22)14-10(20-7)5-9(17(24-2)15(14)19)16(23)11-3-4-12(18)25-11/h3-4H,5-6H2,1-2H3,(H,21,22). The first-order valence-corrected chi connectivity index (χ1v) is 8.50. The topological polar surface area (TPSA) is 76.0 Å². The van der Waals surface area contributed by atoms with Crippen LogP contribution in [0.3, 0.4) is 0 Å². The van der Waals surface area contributed by atoms with Crippen molar-refractivity contribution in [1.82, 2.24) is 0 Å². The third-order valence-corrected chi connectivity index (χ3v) is 5.20. The van der Waals surface area contributed by atoms with Crippen LogP contribution in [0.25, 0.3) is 0 Å². The van der Waals surface area contributed by atoms with E-state index in [4.69, 9.17) is 21.4 Å². The smallest absolute Gasteiger partial charge is 0.307 e. The minimum Gasteiger partial charge on any atom is -0.493 e. The van der Waals surface area contributed by atoms with Crippen molar-refractivity contribution < 1.29 is 23.8 Å². The maximum atomic E-state index is 15.0. The first-order valence-electron chi connectivity index (χ1n) is 7.30. The molecule has 2 heterocycles. The number of rotatable bonds is 5. The first-order chi connectivity index (χ1) is 11.8. The van der Waals surface area contributed by atoms with Crippen molar-refractivity contribution in [3.63, 3.8) is 0 Å². The molecule has 0 atom stereocenters. The Morgan fingerprint density at radius 3 is 2.72 bits per heavy atom. The number of Topliss-reactive ketones (excluding diaryl/α,β-unsaturated/α-hetero) is 1. The molecule has 0 unspecified atom stereocenters. The number of carboxylic acid groups (broad SMARTS) is 1. The molecule has 5 nitrogen and oxygen atoms in total. The predicted octanol–water partition coefficient (Wildman–Crippen LogP) is 4.32. The Kier molecular flexibility index (Phi) is 4.62. The van der Waals surface area contributed by atoms with Crippen LogP contribution in [0.2, 0.25) is 4.34 Å². The van der Waals surface area contributed by atoms with E-state index in [9.17, 15) is 9.59 Å². The molecule has 25 heavy (non-hydrogen) atoms. The zero-order chi connectivity index (χ0) is 18.3. The molecule has 1 aliphatic carbocycles. The van der Waals surface area contributed by atoms with Gasteiger partial charge in [-0.3, -0.25) is 14.6 Å². The van der Waals surface area contributed by atoms with Crippen LogP contribution in [-0.2, 0) is 9.53 Å². The number of halogens is 2. The summed E-state index contributed by atoms with van der Waals surface area (Å²) in [6.45, 7) is 1.62. The molecule has 3 rings (SSSR count). The van der Waals surface area contributed by atoms with Crippen molar-refractivity contribution in [2.24, 2.45) is 4.99 Å². The molecule has 0 amide bonds. The van der Waals surface area contributed by atoms with Gasteiger partial charge in [0.15, 0.2) is 11.6 Å². The largest absolute Gasteiger partial charge is 0.493 e. The van der Waals surface area contributed by atoms with Gasteiger partial charge in [0.1, 0.15) is 0 Å². The molecule has 2 aliphatic rings. The predicted molar refractivity (Wildman–Crippen MR) is 92.8 cm³/mol. The second-order valence-corrected chi connectivity index (χ2v) is 7.22. The van der Waals surface area contributed by atoms with Crippen LogP contribution in [0, 0.1) is 0 Å². The van der Waals surface area contributed by atoms with Crippen molar-refractivity contribution in [2.45, 2.75) is 19.8 Å². The van der Waals surface area contributed by atoms with Gasteiger partial charge in [0.05, 0.1) is 34.0 Å². The molecule has 0 saturated heterocycles. The molecule has 8 heteroatoms. The number of allylic oxidation sites excluding steroid dienone is 4. The molecule has 1 aliphatic heterocycles. The van der Waals surface area contributed by atoms with Gasteiger partial charge < -0.3 is 9.84 Å². The summed E-state index contributed by atoms with van der Waals surface area (Å²) < 4.78 is 20.6. The number of carbonyl (C=O) groups is 2. The molecular formula is C17H13ClFNO4S. The SMILES string of the molecule is COC1=C(C(=O)c2ccc(Cl)s2)CC2=NC(C)=C(CC(=O)O)C2=C1F. The highest BCUT2D eigenvalue weighted by Gasteiger charge is 2.37. The van der Waals surface area contributed by atoms with Gasteiger partial charge in [0.25, 0.3) is 0 Å². The van der Waals surface area contributed by atoms with E-state index in [1.54, 1.807) is 19.1 Å². The quantitative estimate of drug-likeness (QED) is 0.771. The molecular weight excluding hydrogens is 369 g/mol. The average Bonchev–Trinajstić information content (AvgIpc) is 3.10. The number of methoxy groups -OCH3 is 1. The molecule has 1 N–H and O–H groups in total. The van der Waals surface area contributed by atoms with Gasteiger partial charge in [0.2, 0.25) is 5.78 Å². The highest BCUT2D eigenvalue weighted by atomic mass is 35.5. The number of thiophene rings is 1. The van der Waals surface area contributed by atoms with Gasteiger partial charge in [-0.25, -0.2) is 4.39 Å². The summed E-state index contributed by atoms with van der Waals surface area (Å²) in [5.41, 5.74) is 1.35. The van der Waals surface area contributed by atoms with E-state index in [2.05, 4.69) is 4.99 Å². The molecule has 0 spiro atoms. The number of aliphatic carboxylic acids is 1. The summed E-state index contributed by atoms with van der Waals surface area (Å²) in [7, 11) is 1.27. The van der Waals surface area contributed by atoms with Crippen molar-refractivity contribution in [1.29, 1.82) is 0 Å². The van der Waals surface area contributed by atoms with E-state index in [1.165, 1.54) is 7.11 Å².